The lowest BCUT2D eigenvalue weighted by Gasteiger charge is -2.11. The normalized spacial score (nSPS) is 12.8. The molecule has 26 heavy (non-hydrogen) atoms. The number of nitrogens with zero attached hydrogens (tertiary/aromatic N) is 1. The fourth-order valence-corrected chi connectivity index (χ4v) is 2.82. The van der Waals surface area contributed by atoms with Crippen molar-refractivity contribution in [2.75, 3.05) is 26.6 Å². The van der Waals surface area contributed by atoms with Crippen LogP contribution in [0.2, 0.25) is 0 Å². The number of carbonyl (C=O) groups excluding carboxylic acids is 3. The molecule has 3 rings (SSSR count). The van der Waals surface area contributed by atoms with E-state index in [1.54, 1.807) is 37.4 Å². The first-order valence-corrected chi connectivity index (χ1v) is 7.91. The smallest absolute Gasteiger partial charge is 0.261 e. The van der Waals surface area contributed by atoms with Gasteiger partial charge in [-0.1, -0.05) is 6.07 Å². The molecule has 0 saturated heterocycles. The number of rotatable bonds is 5. The topological polar surface area (TPSA) is 84.9 Å². The van der Waals surface area contributed by atoms with Crippen LogP contribution < -0.4 is 14.8 Å². The molecule has 1 heterocycles. The predicted molar refractivity (Wildman–Crippen MR) is 94.7 cm³/mol. The Kier molecular flexibility index (Phi) is 4.62. The average molecular weight is 354 g/mol. The van der Waals surface area contributed by atoms with Gasteiger partial charge in [0.25, 0.3) is 11.8 Å². The molecule has 2 aromatic rings. The van der Waals surface area contributed by atoms with Crippen LogP contribution in [-0.4, -0.2) is 43.9 Å². The van der Waals surface area contributed by atoms with Gasteiger partial charge in [0.1, 0.15) is 11.5 Å². The average Bonchev–Trinajstić information content (AvgIpc) is 2.86. The third-order valence-corrected chi connectivity index (χ3v) is 4.22. The van der Waals surface area contributed by atoms with E-state index < -0.39 is 0 Å². The maximum Gasteiger partial charge on any atom is 0.261 e. The molecule has 0 fully saturated rings. The number of hydrogen-bond donors (Lipinski definition) is 1. The highest BCUT2D eigenvalue weighted by Crippen LogP contribution is 2.27. The van der Waals surface area contributed by atoms with E-state index >= 15 is 0 Å². The van der Waals surface area contributed by atoms with E-state index in [1.807, 2.05) is 0 Å². The molecule has 0 radical (unpaired) electrons. The molecule has 134 valence electrons. The summed E-state index contributed by atoms with van der Waals surface area (Å²) in [6.07, 6.45) is 0.0943. The van der Waals surface area contributed by atoms with E-state index in [2.05, 4.69) is 5.32 Å². The summed E-state index contributed by atoms with van der Waals surface area (Å²) in [4.78, 5) is 37.4. The number of amides is 3. The summed E-state index contributed by atoms with van der Waals surface area (Å²) < 4.78 is 10.4. The second-order valence-corrected chi connectivity index (χ2v) is 5.83. The highest BCUT2D eigenvalue weighted by molar-refractivity contribution is 6.21. The molecular formula is C19H18N2O5. The van der Waals surface area contributed by atoms with Crippen molar-refractivity contribution < 1.29 is 23.9 Å². The van der Waals surface area contributed by atoms with Crippen molar-refractivity contribution in [3.05, 3.63) is 53.1 Å². The number of hydrogen-bond acceptors (Lipinski definition) is 5. The third kappa shape index (κ3) is 3.11. The number of anilines is 1. The summed E-state index contributed by atoms with van der Waals surface area (Å²) in [5.41, 5.74) is 1.79. The molecule has 7 heteroatoms. The fraction of sp³-hybridized carbons (Fsp3) is 0.211. The van der Waals surface area contributed by atoms with Gasteiger partial charge >= 0.3 is 0 Å². The molecule has 3 amide bonds. The standard InChI is InChI=1S/C19H18N2O5/c1-21-18(23)14-7-5-12(9-15(14)19(21)24)20-17(22)8-11-4-6-13(25-2)10-16(11)26-3/h4-7,9-10H,8H2,1-3H3,(H,20,22). The lowest BCUT2D eigenvalue weighted by atomic mass is 10.1. The number of carbonyl (C=O) groups is 3. The van der Waals surface area contributed by atoms with Gasteiger partial charge in [0.2, 0.25) is 5.91 Å². The zero-order chi connectivity index (χ0) is 18.8. The molecule has 0 bridgehead atoms. The lowest BCUT2D eigenvalue weighted by molar-refractivity contribution is -0.115. The number of fused-ring (bicyclic) bond motifs is 1. The minimum Gasteiger partial charge on any atom is -0.497 e. The summed E-state index contributed by atoms with van der Waals surface area (Å²) in [5.74, 6) is 0.204. The highest BCUT2D eigenvalue weighted by Gasteiger charge is 2.32. The van der Waals surface area contributed by atoms with E-state index in [0.29, 0.717) is 28.3 Å². The summed E-state index contributed by atoms with van der Waals surface area (Å²) in [6.45, 7) is 0. The quantitative estimate of drug-likeness (QED) is 0.832. The first-order chi connectivity index (χ1) is 12.4. The first kappa shape index (κ1) is 17.5. The van der Waals surface area contributed by atoms with Crippen LogP contribution in [0.5, 0.6) is 11.5 Å². The summed E-state index contributed by atoms with van der Waals surface area (Å²) >= 11 is 0. The number of methoxy groups -OCH3 is 2. The molecule has 1 aliphatic heterocycles. The second-order valence-electron chi connectivity index (χ2n) is 5.83. The number of benzene rings is 2. The zero-order valence-corrected chi connectivity index (χ0v) is 14.7. The monoisotopic (exact) mass is 354 g/mol. The van der Waals surface area contributed by atoms with Crippen LogP contribution >= 0.6 is 0 Å². The van der Waals surface area contributed by atoms with Crippen LogP contribution in [0.15, 0.2) is 36.4 Å². The molecule has 0 atom stereocenters. The van der Waals surface area contributed by atoms with Gasteiger partial charge in [0.05, 0.1) is 31.8 Å². The third-order valence-electron chi connectivity index (χ3n) is 4.22. The highest BCUT2D eigenvalue weighted by atomic mass is 16.5. The molecule has 0 aromatic heterocycles. The van der Waals surface area contributed by atoms with Gasteiger partial charge in [-0.15, -0.1) is 0 Å². The minimum atomic E-state index is -0.377. The van der Waals surface area contributed by atoms with Crippen molar-refractivity contribution in [2.24, 2.45) is 0 Å². The first-order valence-electron chi connectivity index (χ1n) is 7.91. The molecular weight excluding hydrogens is 336 g/mol. The van der Waals surface area contributed by atoms with Gasteiger partial charge in [0, 0.05) is 24.4 Å². The van der Waals surface area contributed by atoms with Crippen LogP contribution in [0, 0.1) is 0 Å². The Bertz CT molecular complexity index is 907. The summed E-state index contributed by atoms with van der Waals surface area (Å²) in [6, 6.07) is 9.88. The Morgan fingerprint density at radius 1 is 1.00 bits per heavy atom. The minimum absolute atomic E-state index is 0.0943. The van der Waals surface area contributed by atoms with Gasteiger partial charge in [-0.25, -0.2) is 0 Å². The molecule has 0 unspecified atom stereocenters. The van der Waals surface area contributed by atoms with Crippen molar-refractivity contribution >= 4 is 23.4 Å². The number of nitrogens with one attached hydrogen (secondary N) is 1. The molecule has 1 aliphatic rings. The Morgan fingerprint density at radius 2 is 1.73 bits per heavy atom. The van der Waals surface area contributed by atoms with Crippen LogP contribution in [0.4, 0.5) is 5.69 Å². The summed E-state index contributed by atoms with van der Waals surface area (Å²) in [7, 11) is 4.51. The van der Waals surface area contributed by atoms with E-state index in [0.717, 1.165) is 4.90 Å². The molecule has 7 nitrogen and oxygen atoms in total. The van der Waals surface area contributed by atoms with Gasteiger partial charge in [-0.2, -0.15) is 0 Å². The zero-order valence-electron chi connectivity index (χ0n) is 14.7. The SMILES string of the molecule is COc1ccc(CC(=O)Nc2ccc3c(c2)C(=O)N(C)C3=O)c(OC)c1. The Hall–Kier alpha value is -3.35. The van der Waals surface area contributed by atoms with Crippen LogP contribution in [0.1, 0.15) is 26.3 Å². The maximum absolute atomic E-state index is 12.4. The van der Waals surface area contributed by atoms with Crippen LogP contribution in [0.3, 0.4) is 0 Å². The van der Waals surface area contributed by atoms with Gasteiger partial charge in [-0.05, 0) is 24.3 Å². The van der Waals surface area contributed by atoms with Crippen molar-refractivity contribution in [3.63, 3.8) is 0 Å². The second kappa shape index (κ2) is 6.87. The van der Waals surface area contributed by atoms with Crippen molar-refractivity contribution in [1.82, 2.24) is 4.90 Å². The fourth-order valence-electron chi connectivity index (χ4n) is 2.82. The van der Waals surface area contributed by atoms with Crippen molar-refractivity contribution in [1.29, 1.82) is 0 Å². The van der Waals surface area contributed by atoms with Crippen molar-refractivity contribution in [3.8, 4) is 11.5 Å². The Labute approximate surface area is 150 Å². The van der Waals surface area contributed by atoms with Gasteiger partial charge in [-0.3, -0.25) is 19.3 Å². The predicted octanol–water partition coefficient (Wildman–Crippen LogP) is 2.11. The number of imide groups is 1. The molecule has 2 aromatic carbocycles. The maximum atomic E-state index is 12.4. The van der Waals surface area contributed by atoms with E-state index in [1.165, 1.54) is 20.2 Å². The van der Waals surface area contributed by atoms with Crippen LogP contribution in [-0.2, 0) is 11.2 Å². The van der Waals surface area contributed by atoms with E-state index in [4.69, 9.17) is 9.47 Å². The number of ether oxygens (including phenoxy) is 2. The van der Waals surface area contributed by atoms with Crippen molar-refractivity contribution in [2.45, 2.75) is 6.42 Å². The van der Waals surface area contributed by atoms with Gasteiger partial charge < -0.3 is 14.8 Å². The Morgan fingerprint density at radius 3 is 2.42 bits per heavy atom. The van der Waals surface area contributed by atoms with E-state index in [9.17, 15) is 14.4 Å². The largest absolute Gasteiger partial charge is 0.497 e. The molecule has 0 aliphatic carbocycles. The summed E-state index contributed by atoms with van der Waals surface area (Å²) in [5, 5.41) is 2.74. The van der Waals surface area contributed by atoms with E-state index in [-0.39, 0.29) is 29.7 Å². The Balaban J connectivity index is 1.76. The lowest BCUT2D eigenvalue weighted by Crippen LogP contribution is -2.24. The van der Waals surface area contributed by atoms with Gasteiger partial charge in [0.15, 0.2) is 0 Å². The molecule has 0 spiro atoms. The molecule has 1 N–H and O–H groups in total. The molecule has 0 saturated carbocycles. The van der Waals surface area contributed by atoms with Crippen LogP contribution in [0.25, 0.3) is 0 Å².